The molecule has 1 fully saturated rings. The van der Waals surface area contributed by atoms with E-state index in [0.717, 1.165) is 30.6 Å². The van der Waals surface area contributed by atoms with E-state index in [4.69, 9.17) is 0 Å². The highest BCUT2D eigenvalue weighted by Gasteiger charge is 2.20. The van der Waals surface area contributed by atoms with Gasteiger partial charge in [-0.25, -0.2) is 4.98 Å². The molecule has 0 bridgehead atoms. The Kier molecular flexibility index (Phi) is 4.27. The summed E-state index contributed by atoms with van der Waals surface area (Å²) in [6.45, 7) is 1.94. The van der Waals surface area contributed by atoms with Crippen molar-refractivity contribution in [2.45, 2.75) is 17.2 Å². The molecule has 0 spiro atoms. The smallest absolute Gasteiger partial charge is 0.271 e. The van der Waals surface area contributed by atoms with Crippen LogP contribution < -0.4 is 5.32 Å². The number of rotatable bonds is 4. The summed E-state index contributed by atoms with van der Waals surface area (Å²) in [6, 6.07) is 4.57. The Bertz CT molecular complexity index is 695. The van der Waals surface area contributed by atoms with Gasteiger partial charge in [-0.05, 0) is 37.9 Å². The predicted molar refractivity (Wildman–Crippen MR) is 83.1 cm³/mol. The van der Waals surface area contributed by atoms with Gasteiger partial charge in [-0.2, -0.15) is 0 Å². The monoisotopic (exact) mass is 325 g/mol. The van der Waals surface area contributed by atoms with Crippen LogP contribution in [0.1, 0.15) is 12.8 Å². The lowest BCUT2D eigenvalue weighted by Crippen LogP contribution is -2.32. The number of benzene rings is 1. The molecule has 2 atom stereocenters. The zero-order valence-electron chi connectivity index (χ0n) is 11.3. The van der Waals surface area contributed by atoms with Crippen LogP contribution in [0.5, 0.6) is 0 Å². The Labute approximate surface area is 128 Å². The second kappa shape index (κ2) is 6.17. The maximum atomic E-state index is 12.4. The van der Waals surface area contributed by atoms with Gasteiger partial charge < -0.3 is 5.32 Å². The number of hydrogen-bond acceptors (Lipinski definition) is 6. The van der Waals surface area contributed by atoms with E-state index in [1.807, 2.05) is 0 Å². The van der Waals surface area contributed by atoms with Gasteiger partial charge >= 0.3 is 0 Å². The van der Waals surface area contributed by atoms with Gasteiger partial charge in [0.05, 0.1) is 25.9 Å². The third-order valence-corrected chi connectivity index (χ3v) is 6.44. The topological polar surface area (TPSA) is 85.1 Å². The summed E-state index contributed by atoms with van der Waals surface area (Å²) in [7, 11) is -1.13. The molecule has 6 nitrogen and oxygen atoms in total. The number of piperidine rings is 1. The standard InChI is InChI=1S/C13H15N3O3S2/c17-16(18)10-3-4-12-11(6-10)15-13(20-12)21(19)8-9-2-1-5-14-7-9/h3-4,6,9,14H,1-2,5,7-8H2/t9-,21+/m1/s1. The summed E-state index contributed by atoms with van der Waals surface area (Å²) in [5, 5.41) is 14.1. The van der Waals surface area contributed by atoms with Crippen molar-refractivity contribution in [2.75, 3.05) is 18.8 Å². The number of nitro groups is 1. The molecule has 0 saturated carbocycles. The fourth-order valence-corrected chi connectivity index (χ4v) is 5.04. The van der Waals surface area contributed by atoms with Crippen LogP contribution in [0, 0.1) is 16.0 Å². The van der Waals surface area contributed by atoms with Gasteiger partial charge in [0.25, 0.3) is 5.69 Å². The molecule has 0 radical (unpaired) electrons. The molecule has 0 unspecified atom stereocenters. The Morgan fingerprint density at radius 1 is 1.52 bits per heavy atom. The zero-order chi connectivity index (χ0) is 14.8. The van der Waals surface area contributed by atoms with E-state index in [1.165, 1.54) is 23.5 Å². The average molecular weight is 325 g/mol. The summed E-state index contributed by atoms with van der Waals surface area (Å²) in [6.07, 6.45) is 2.21. The molecule has 1 aromatic carbocycles. The molecule has 1 aliphatic rings. The highest BCUT2D eigenvalue weighted by molar-refractivity contribution is 7.87. The largest absolute Gasteiger partial charge is 0.316 e. The minimum absolute atomic E-state index is 0.0154. The van der Waals surface area contributed by atoms with Gasteiger partial charge in [-0.15, -0.1) is 11.3 Å². The first-order valence-electron chi connectivity index (χ1n) is 6.77. The Balaban J connectivity index is 1.79. The van der Waals surface area contributed by atoms with Gasteiger partial charge in [0.15, 0.2) is 4.34 Å². The Morgan fingerprint density at radius 3 is 3.10 bits per heavy atom. The lowest BCUT2D eigenvalue weighted by molar-refractivity contribution is -0.384. The van der Waals surface area contributed by atoms with Crippen molar-refractivity contribution in [2.24, 2.45) is 5.92 Å². The number of aromatic nitrogens is 1. The van der Waals surface area contributed by atoms with Crippen LogP contribution in [0.3, 0.4) is 0 Å². The third-order valence-electron chi connectivity index (χ3n) is 3.54. The summed E-state index contributed by atoms with van der Waals surface area (Å²) >= 11 is 1.36. The Hall–Kier alpha value is -1.38. The van der Waals surface area contributed by atoms with E-state index in [0.29, 0.717) is 21.5 Å². The van der Waals surface area contributed by atoms with E-state index >= 15 is 0 Å². The summed E-state index contributed by atoms with van der Waals surface area (Å²) in [4.78, 5) is 14.6. The summed E-state index contributed by atoms with van der Waals surface area (Å²) < 4.78 is 13.8. The van der Waals surface area contributed by atoms with Gasteiger partial charge in [-0.3, -0.25) is 14.3 Å². The second-order valence-electron chi connectivity index (χ2n) is 5.11. The maximum Gasteiger partial charge on any atom is 0.271 e. The van der Waals surface area contributed by atoms with Crippen LogP contribution in [-0.4, -0.2) is 33.0 Å². The zero-order valence-corrected chi connectivity index (χ0v) is 12.9. The fourth-order valence-electron chi connectivity index (χ4n) is 2.46. The molecule has 21 heavy (non-hydrogen) atoms. The van der Waals surface area contributed by atoms with Gasteiger partial charge in [-0.1, -0.05) is 0 Å². The van der Waals surface area contributed by atoms with Gasteiger partial charge in [0, 0.05) is 17.9 Å². The van der Waals surface area contributed by atoms with Crippen LogP contribution in [0.4, 0.5) is 5.69 Å². The highest BCUT2D eigenvalue weighted by atomic mass is 32.2. The van der Waals surface area contributed by atoms with Crippen LogP contribution in [0.2, 0.25) is 0 Å². The quantitative estimate of drug-likeness (QED) is 0.689. The number of nitro benzene ring substituents is 1. The molecule has 1 aromatic heterocycles. The van der Waals surface area contributed by atoms with Crippen LogP contribution in [0.25, 0.3) is 10.2 Å². The lowest BCUT2D eigenvalue weighted by atomic mass is 10.0. The van der Waals surface area contributed by atoms with Crippen LogP contribution >= 0.6 is 11.3 Å². The molecule has 2 aromatic rings. The van der Waals surface area contributed by atoms with Crippen molar-refractivity contribution in [3.8, 4) is 0 Å². The lowest BCUT2D eigenvalue weighted by Gasteiger charge is -2.21. The molecular weight excluding hydrogens is 310 g/mol. The molecule has 8 heteroatoms. The maximum absolute atomic E-state index is 12.4. The molecule has 3 rings (SSSR count). The molecule has 2 heterocycles. The van der Waals surface area contributed by atoms with Crippen molar-refractivity contribution in [1.29, 1.82) is 0 Å². The summed E-state index contributed by atoms with van der Waals surface area (Å²) in [5.74, 6) is 1.02. The fraction of sp³-hybridized carbons (Fsp3) is 0.462. The molecule has 1 saturated heterocycles. The van der Waals surface area contributed by atoms with Gasteiger partial charge in [0.2, 0.25) is 0 Å². The predicted octanol–water partition coefficient (Wildman–Crippen LogP) is 2.31. The minimum atomic E-state index is -1.13. The number of nitrogens with one attached hydrogen (secondary N) is 1. The number of thiazole rings is 1. The highest BCUT2D eigenvalue weighted by Crippen LogP contribution is 2.28. The van der Waals surface area contributed by atoms with E-state index in [9.17, 15) is 14.3 Å². The molecule has 0 amide bonds. The van der Waals surface area contributed by atoms with Crippen LogP contribution in [0.15, 0.2) is 22.5 Å². The minimum Gasteiger partial charge on any atom is -0.316 e. The molecular formula is C13H15N3O3S2. The molecule has 1 N–H and O–H groups in total. The van der Waals surface area contributed by atoms with Crippen molar-refractivity contribution in [3.63, 3.8) is 0 Å². The van der Waals surface area contributed by atoms with E-state index < -0.39 is 15.7 Å². The normalized spacial score (nSPS) is 20.5. The molecule has 1 aliphatic heterocycles. The molecule has 112 valence electrons. The number of nitrogens with zero attached hydrogens (tertiary/aromatic N) is 2. The van der Waals surface area contributed by atoms with Crippen molar-refractivity contribution in [3.05, 3.63) is 28.3 Å². The number of non-ortho nitro benzene ring substituents is 1. The first kappa shape index (κ1) is 14.6. The number of fused-ring (bicyclic) bond motifs is 1. The van der Waals surface area contributed by atoms with Gasteiger partial charge in [0.1, 0.15) is 0 Å². The van der Waals surface area contributed by atoms with E-state index in [-0.39, 0.29) is 5.69 Å². The second-order valence-corrected chi connectivity index (χ2v) is 7.81. The number of hydrogen-bond donors (Lipinski definition) is 1. The SMILES string of the molecule is O=[N+]([O-])c1ccc2sc([S@@](=O)C[C@@H]3CCCNC3)nc2c1. The summed E-state index contributed by atoms with van der Waals surface area (Å²) in [5.41, 5.74) is 0.570. The van der Waals surface area contributed by atoms with Crippen molar-refractivity contribution < 1.29 is 9.13 Å². The van der Waals surface area contributed by atoms with E-state index in [1.54, 1.807) is 6.07 Å². The first-order chi connectivity index (χ1) is 10.1. The average Bonchev–Trinajstić information content (AvgIpc) is 2.91. The molecule has 0 aliphatic carbocycles. The van der Waals surface area contributed by atoms with E-state index in [2.05, 4.69) is 10.3 Å². The van der Waals surface area contributed by atoms with Crippen LogP contribution in [-0.2, 0) is 10.8 Å². The first-order valence-corrected chi connectivity index (χ1v) is 8.91. The van der Waals surface area contributed by atoms with Crippen molar-refractivity contribution >= 4 is 38.0 Å². The van der Waals surface area contributed by atoms with Crippen molar-refractivity contribution in [1.82, 2.24) is 10.3 Å². The third kappa shape index (κ3) is 3.28. The Morgan fingerprint density at radius 2 is 2.38 bits per heavy atom.